The van der Waals surface area contributed by atoms with Crippen LogP contribution in [0.2, 0.25) is 0 Å². The first-order chi connectivity index (χ1) is 6.91. The number of hydrogen-bond acceptors (Lipinski definition) is 1. The van der Waals surface area contributed by atoms with Crippen molar-refractivity contribution in [3.05, 3.63) is 33.7 Å². The highest BCUT2D eigenvalue weighted by atomic mass is 35.5. The molecule has 15 heavy (non-hydrogen) atoms. The summed E-state index contributed by atoms with van der Waals surface area (Å²) >= 11 is 5.71. The number of halogens is 1. The van der Waals surface area contributed by atoms with E-state index in [2.05, 4.69) is 20.8 Å². The number of nitrogens with zero attached hydrogens (tertiary/aromatic N) is 1. The molecule has 2 nitrogen and oxygen atoms in total. The maximum Gasteiger partial charge on any atom is 0.255 e. The normalized spacial score (nSPS) is 11.8. The molecule has 0 fully saturated rings. The lowest BCUT2D eigenvalue weighted by atomic mass is 9.91. The van der Waals surface area contributed by atoms with E-state index in [0.29, 0.717) is 12.1 Å². The van der Waals surface area contributed by atoms with Gasteiger partial charge in [0.05, 0.1) is 5.88 Å². The number of rotatable bonds is 2. The van der Waals surface area contributed by atoms with Crippen molar-refractivity contribution >= 4 is 11.6 Å². The first kappa shape index (κ1) is 12.3. The average Bonchev–Trinajstić information content (AvgIpc) is 2.15. The first-order valence-corrected chi connectivity index (χ1v) is 5.74. The quantitative estimate of drug-likeness (QED) is 0.713. The Hall–Kier alpha value is -0.760. The van der Waals surface area contributed by atoms with Crippen LogP contribution in [0.25, 0.3) is 0 Å². The molecule has 0 bridgehead atoms. The topological polar surface area (TPSA) is 22.0 Å². The second-order valence-electron chi connectivity index (χ2n) is 4.68. The Morgan fingerprint density at radius 1 is 1.33 bits per heavy atom. The summed E-state index contributed by atoms with van der Waals surface area (Å²) in [6.45, 7) is 8.99. The van der Waals surface area contributed by atoms with Gasteiger partial charge in [0.25, 0.3) is 5.56 Å². The maximum absolute atomic E-state index is 12.0. The van der Waals surface area contributed by atoms with E-state index in [1.165, 1.54) is 0 Å². The molecule has 0 aliphatic heterocycles. The van der Waals surface area contributed by atoms with Crippen LogP contribution in [0.4, 0.5) is 0 Å². The van der Waals surface area contributed by atoms with Gasteiger partial charge in [-0.2, -0.15) is 0 Å². The summed E-state index contributed by atoms with van der Waals surface area (Å²) in [5.41, 5.74) is 1.76. The SMILES string of the molecule is CCn1c(C(C)(C)C)ccc(CCl)c1=O. The van der Waals surface area contributed by atoms with Gasteiger partial charge in [-0.05, 0) is 13.0 Å². The molecule has 0 amide bonds. The van der Waals surface area contributed by atoms with Crippen LogP contribution in [0.15, 0.2) is 16.9 Å². The van der Waals surface area contributed by atoms with Crippen LogP contribution >= 0.6 is 11.6 Å². The van der Waals surface area contributed by atoms with Crippen molar-refractivity contribution in [2.24, 2.45) is 0 Å². The molecule has 84 valence electrons. The van der Waals surface area contributed by atoms with Crippen molar-refractivity contribution in [1.82, 2.24) is 4.57 Å². The molecule has 0 aliphatic carbocycles. The molecule has 1 rings (SSSR count). The molecule has 0 radical (unpaired) electrons. The molecular formula is C12H18ClNO. The standard InChI is InChI=1S/C12H18ClNO/c1-5-14-10(12(2,3)4)7-6-9(8-13)11(14)15/h6-7H,5,8H2,1-4H3. The van der Waals surface area contributed by atoms with E-state index in [1.54, 1.807) is 4.57 Å². The number of aromatic nitrogens is 1. The van der Waals surface area contributed by atoms with Crippen molar-refractivity contribution in [1.29, 1.82) is 0 Å². The van der Waals surface area contributed by atoms with E-state index >= 15 is 0 Å². The van der Waals surface area contributed by atoms with E-state index in [0.717, 1.165) is 5.69 Å². The van der Waals surface area contributed by atoms with Gasteiger partial charge >= 0.3 is 0 Å². The molecule has 0 atom stereocenters. The van der Waals surface area contributed by atoms with E-state index in [-0.39, 0.29) is 16.9 Å². The Labute approximate surface area is 95.9 Å². The molecule has 0 spiro atoms. The summed E-state index contributed by atoms with van der Waals surface area (Å²) < 4.78 is 1.80. The number of pyridine rings is 1. The van der Waals surface area contributed by atoms with Crippen LogP contribution in [0.3, 0.4) is 0 Å². The molecule has 0 N–H and O–H groups in total. The third-order valence-corrected chi connectivity index (χ3v) is 2.77. The van der Waals surface area contributed by atoms with Crippen LogP contribution in [0.1, 0.15) is 39.0 Å². The van der Waals surface area contributed by atoms with Crippen molar-refractivity contribution in [2.75, 3.05) is 0 Å². The summed E-state index contributed by atoms with van der Waals surface area (Å²) in [5.74, 6) is 0.281. The van der Waals surface area contributed by atoms with Crippen LogP contribution in [-0.4, -0.2) is 4.57 Å². The van der Waals surface area contributed by atoms with Crippen molar-refractivity contribution in [3.63, 3.8) is 0 Å². The molecule has 1 aromatic heterocycles. The van der Waals surface area contributed by atoms with Crippen molar-refractivity contribution in [2.45, 2.75) is 45.5 Å². The lowest BCUT2D eigenvalue weighted by Crippen LogP contribution is -2.30. The van der Waals surface area contributed by atoms with Gasteiger partial charge in [-0.15, -0.1) is 11.6 Å². The molecule has 0 unspecified atom stereocenters. The Balaban J connectivity index is 3.45. The van der Waals surface area contributed by atoms with Crippen molar-refractivity contribution in [3.8, 4) is 0 Å². The second-order valence-corrected chi connectivity index (χ2v) is 4.94. The fourth-order valence-electron chi connectivity index (χ4n) is 1.69. The van der Waals surface area contributed by atoms with Gasteiger partial charge in [0.2, 0.25) is 0 Å². The van der Waals surface area contributed by atoms with Crippen molar-refractivity contribution < 1.29 is 0 Å². The zero-order chi connectivity index (χ0) is 11.6. The summed E-state index contributed by atoms with van der Waals surface area (Å²) in [5, 5.41) is 0. The van der Waals surface area contributed by atoms with Crippen LogP contribution < -0.4 is 5.56 Å². The minimum atomic E-state index is -0.0139. The van der Waals surface area contributed by atoms with Gasteiger partial charge < -0.3 is 4.57 Å². The van der Waals surface area contributed by atoms with Crippen LogP contribution in [-0.2, 0) is 17.8 Å². The third kappa shape index (κ3) is 2.43. The summed E-state index contributed by atoms with van der Waals surface area (Å²) in [4.78, 5) is 12.0. The second kappa shape index (κ2) is 4.40. The smallest absolute Gasteiger partial charge is 0.255 e. The summed E-state index contributed by atoms with van der Waals surface area (Å²) in [6, 6.07) is 3.84. The van der Waals surface area contributed by atoms with Gasteiger partial charge in [0.1, 0.15) is 0 Å². The summed E-state index contributed by atoms with van der Waals surface area (Å²) in [6.07, 6.45) is 0. The zero-order valence-corrected chi connectivity index (χ0v) is 10.6. The fraction of sp³-hybridized carbons (Fsp3) is 0.583. The predicted molar refractivity (Wildman–Crippen MR) is 64.6 cm³/mol. The molecule has 0 aliphatic rings. The number of hydrogen-bond donors (Lipinski definition) is 0. The molecule has 0 saturated carbocycles. The average molecular weight is 228 g/mol. The highest BCUT2D eigenvalue weighted by Gasteiger charge is 2.18. The maximum atomic E-state index is 12.0. The monoisotopic (exact) mass is 227 g/mol. The Kier molecular flexibility index (Phi) is 3.61. The van der Waals surface area contributed by atoms with Gasteiger partial charge in [-0.3, -0.25) is 4.79 Å². The van der Waals surface area contributed by atoms with E-state index in [9.17, 15) is 4.79 Å². The first-order valence-electron chi connectivity index (χ1n) is 5.21. The van der Waals surface area contributed by atoms with Gasteiger partial charge in [-0.25, -0.2) is 0 Å². The van der Waals surface area contributed by atoms with E-state index in [1.807, 2.05) is 19.1 Å². The molecule has 3 heteroatoms. The zero-order valence-electron chi connectivity index (χ0n) is 9.80. The lowest BCUT2D eigenvalue weighted by molar-refractivity contribution is 0.509. The highest BCUT2D eigenvalue weighted by Crippen LogP contribution is 2.21. The molecule has 0 saturated heterocycles. The van der Waals surface area contributed by atoms with E-state index < -0.39 is 0 Å². The largest absolute Gasteiger partial charge is 0.312 e. The van der Waals surface area contributed by atoms with Gasteiger partial charge in [0, 0.05) is 23.2 Å². The minimum absolute atomic E-state index is 0.0139. The number of alkyl halides is 1. The molecule has 1 heterocycles. The predicted octanol–water partition coefficient (Wildman–Crippen LogP) is 2.90. The molecule has 0 aromatic carbocycles. The minimum Gasteiger partial charge on any atom is -0.312 e. The Morgan fingerprint density at radius 3 is 2.33 bits per heavy atom. The lowest BCUT2D eigenvalue weighted by Gasteiger charge is -2.24. The highest BCUT2D eigenvalue weighted by molar-refractivity contribution is 6.17. The Bertz CT molecular complexity index is 401. The Morgan fingerprint density at radius 2 is 1.93 bits per heavy atom. The van der Waals surface area contributed by atoms with Crippen LogP contribution in [0, 0.1) is 0 Å². The molecular weight excluding hydrogens is 210 g/mol. The van der Waals surface area contributed by atoms with Gasteiger partial charge in [0.15, 0.2) is 0 Å². The third-order valence-electron chi connectivity index (χ3n) is 2.48. The van der Waals surface area contributed by atoms with E-state index in [4.69, 9.17) is 11.6 Å². The summed E-state index contributed by atoms with van der Waals surface area (Å²) in [7, 11) is 0. The van der Waals surface area contributed by atoms with Gasteiger partial charge in [-0.1, -0.05) is 26.8 Å². The fourth-order valence-corrected chi connectivity index (χ4v) is 1.90. The van der Waals surface area contributed by atoms with Crippen LogP contribution in [0.5, 0.6) is 0 Å². The molecule has 1 aromatic rings.